The van der Waals surface area contributed by atoms with Crippen LogP contribution in [0, 0.1) is 0 Å². The van der Waals surface area contributed by atoms with Gasteiger partial charge in [0.15, 0.2) is 0 Å². The molecule has 0 aromatic carbocycles. The average molecular weight is 131 g/mol. The molecule has 0 aliphatic carbocycles. The zero-order valence-corrected chi connectivity index (χ0v) is 5.58. The first kappa shape index (κ1) is 8.55. The van der Waals surface area contributed by atoms with E-state index in [1.165, 1.54) is 7.11 Å². The quantitative estimate of drug-likeness (QED) is 0.377. The largest absolute Gasteiger partial charge is 0.364 e. The highest BCUT2D eigenvalue weighted by atomic mass is 16.5. The standard InChI is InChI=1S/C5H13N3O/c1-8-4(3-6)5(7)9-2/h4-5H,1,3,6-7H2,2H3. The van der Waals surface area contributed by atoms with Crippen molar-refractivity contribution in [3.05, 3.63) is 0 Å². The molecule has 2 atom stereocenters. The van der Waals surface area contributed by atoms with E-state index in [1.54, 1.807) is 0 Å². The molecule has 0 saturated heterocycles. The predicted octanol–water partition coefficient (Wildman–Crippen LogP) is -1.05. The van der Waals surface area contributed by atoms with Crippen molar-refractivity contribution in [1.29, 1.82) is 0 Å². The summed E-state index contributed by atoms with van der Waals surface area (Å²) in [7, 11) is 1.51. The second-order valence-electron chi connectivity index (χ2n) is 1.69. The van der Waals surface area contributed by atoms with Crippen LogP contribution in [0.15, 0.2) is 4.99 Å². The molecule has 0 spiro atoms. The molecule has 4 heteroatoms. The van der Waals surface area contributed by atoms with Crippen LogP contribution in [0.2, 0.25) is 0 Å². The Bertz CT molecular complexity index is 86.3. The number of hydrogen-bond donors (Lipinski definition) is 2. The van der Waals surface area contributed by atoms with Gasteiger partial charge >= 0.3 is 0 Å². The molecule has 0 fully saturated rings. The third kappa shape index (κ3) is 2.55. The van der Waals surface area contributed by atoms with Crippen LogP contribution in [0.3, 0.4) is 0 Å². The number of ether oxygens (including phenoxy) is 1. The highest BCUT2D eigenvalue weighted by molar-refractivity contribution is 5.24. The first-order chi connectivity index (χ1) is 4.26. The van der Waals surface area contributed by atoms with E-state index < -0.39 is 6.23 Å². The second kappa shape index (κ2) is 4.43. The minimum Gasteiger partial charge on any atom is -0.364 e. The van der Waals surface area contributed by atoms with Crippen molar-refractivity contribution in [1.82, 2.24) is 0 Å². The Hall–Kier alpha value is -0.450. The van der Waals surface area contributed by atoms with Crippen LogP contribution in [0.1, 0.15) is 0 Å². The first-order valence-electron chi connectivity index (χ1n) is 2.70. The van der Waals surface area contributed by atoms with Crippen molar-refractivity contribution in [2.24, 2.45) is 16.5 Å². The lowest BCUT2D eigenvalue weighted by molar-refractivity contribution is 0.0890. The van der Waals surface area contributed by atoms with Crippen molar-refractivity contribution in [2.45, 2.75) is 12.3 Å². The third-order valence-corrected chi connectivity index (χ3v) is 1.13. The lowest BCUT2D eigenvalue weighted by atomic mass is 10.3. The summed E-state index contributed by atoms with van der Waals surface area (Å²) in [6, 6.07) is -0.185. The number of aliphatic imine (C=N–C) groups is 1. The Morgan fingerprint density at radius 3 is 2.44 bits per heavy atom. The van der Waals surface area contributed by atoms with Crippen molar-refractivity contribution in [3.63, 3.8) is 0 Å². The summed E-state index contributed by atoms with van der Waals surface area (Å²) in [5.74, 6) is 0. The molecule has 9 heavy (non-hydrogen) atoms. The molecule has 2 unspecified atom stereocenters. The molecule has 0 aliphatic heterocycles. The van der Waals surface area contributed by atoms with Gasteiger partial charge in [-0.05, 0) is 6.72 Å². The zero-order valence-electron chi connectivity index (χ0n) is 5.58. The van der Waals surface area contributed by atoms with E-state index in [1.807, 2.05) is 0 Å². The van der Waals surface area contributed by atoms with Crippen LogP contribution in [0.4, 0.5) is 0 Å². The summed E-state index contributed by atoms with van der Waals surface area (Å²) in [4.78, 5) is 3.65. The third-order valence-electron chi connectivity index (χ3n) is 1.13. The summed E-state index contributed by atoms with van der Waals surface area (Å²) in [5, 5.41) is 0. The van der Waals surface area contributed by atoms with Crippen LogP contribution in [0.25, 0.3) is 0 Å². The van der Waals surface area contributed by atoms with E-state index >= 15 is 0 Å². The lowest BCUT2D eigenvalue weighted by Gasteiger charge is -2.15. The van der Waals surface area contributed by atoms with Crippen molar-refractivity contribution >= 4 is 6.72 Å². The SMILES string of the molecule is C=NC(CN)C(N)OC. The number of nitrogens with two attached hydrogens (primary N) is 2. The van der Waals surface area contributed by atoms with Crippen LogP contribution < -0.4 is 11.5 Å². The Morgan fingerprint density at radius 1 is 1.78 bits per heavy atom. The fourth-order valence-electron chi connectivity index (χ4n) is 0.470. The van der Waals surface area contributed by atoms with Gasteiger partial charge in [-0.25, -0.2) is 0 Å². The zero-order chi connectivity index (χ0) is 7.28. The number of rotatable bonds is 4. The van der Waals surface area contributed by atoms with E-state index in [4.69, 9.17) is 16.2 Å². The van der Waals surface area contributed by atoms with Gasteiger partial charge in [-0.3, -0.25) is 4.99 Å². The molecule has 0 bridgehead atoms. The summed E-state index contributed by atoms with van der Waals surface area (Å²) >= 11 is 0. The smallest absolute Gasteiger partial charge is 0.129 e. The van der Waals surface area contributed by atoms with E-state index in [2.05, 4.69) is 11.7 Å². The Kier molecular flexibility index (Phi) is 4.21. The molecule has 0 rings (SSSR count). The maximum Gasteiger partial charge on any atom is 0.129 e. The van der Waals surface area contributed by atoms with Crippen molar-refractivity contribution < 1.29 is 4.74 Å². The summed E-state index contributed by atoms with van der Waals surface area (Å²) in [6.45, 7) is 3.68. The maximum absolute atomic E-state index is 5.40. The molecule has 0 aromatic rings. The van der Waals surface area contributed by atoms with Gasteiger partial charge in [0.2, 0.25) is 0 Å². The first-order valence-corrected chi connectivity index (χ1v) is 2.70. The monoisotopic (exact) mass is 131 g/mol. The van der Waals surface area contributed by atoms with Gasteiger partial charge in [0, 0.05) is 13.7 Å². The molecule has 0 radical (unpaired) electrons. The average Bonchev–Trinajstić information content (AvgIpc) is 1.90. The van der Waals surface area contributed by atoms with E-state index in [9.17, 15) is 0 Å². The summed E-state index contributed by atoms with van der Waals surface area (Å²) < 4.78 is 4.76. The van der Waals surface area contributed by atoms with Crippen LogP contribution >= 0.6 is 0 Å². The molecule has 0 aromatic heterocycles. The van der Waals surface area contributed by atoms with Gasteiger partial charge in [-0.2, -0.15) is 0 Å². The fraction of sp³-hybridized carbons (Fsp3) is 0.800. The topological polar surface area (TPSA) is 73.6 Å². The molecule has 0 saturated carbocycles. The van der Waals surface area contributed by atoms with E-state index in [0.717, 1.165) is 0 Å². The van der Waals surface area contributed by atoms with Gasteiger partial charge in [0.05, 0.1) is 0 Å². The molecule has 0 amide bonds. The Labute approximate surface area is 54.9 Å². The van der Waals surface area contributed by atoms with E-state index in [-0.39, 0.29) is 6.04 Å². The fourth-order valence-corrected chi connectivity index (χ4v) is 0.470. The highest BCUT2D eigenvalue weighted by Crippen LogP contribution is 1.92. The predicted molar refractivity (Wildman–Crippen MR) is 37.4 cm³/mol. The minimum atomic E-state index is -0.424. The second-order valence-corrected chi connectivity index (χ2v) is 1.69. The van der Waals surface area contributed by atoms with Crippen LogP contribution in [-0.2, 0) is 4.74 Å². The molecule has 0 heterocycles. The minimum absolute atomic E-state index is 0.185. The molecule has 4 nitrogen and oxygen atoms in total. The van der Waals surface area contributed by atoms with Gasteiger partial charge < -0.3 is 16.2 Å². The number of nitrogens with zero attached hydrogens (tertiary/aromatic N) is 1. The van der Waals surface area contributed by atoms with Crippen LogP contribution in [0.5, 0.6) is 0 Å². The molecule has 4 N–H and O–H groups in total. The molecular weight excluding hydrogens is 118 g/mol. The Morgan fingerprint density at radius 2 is 2.33 bits per heavy atom. The Balaban J connectivity index is 3.63. The maximum atomic E-state index is 5.40. The molecule has 54 valence electrons. The molecule has 0 aliphatic rings. The van der Waals surface area contributed by atoms with Gasteiger partial charge in [0.25, 0.3) is 0 Å². The highest BCUT2D eigenvalue weighted by Gasteiger charge is 2.11. The van der Waals surface area contributed by atoms with Gasteiger partial charge in [-0.1, -0.05) is 0 Å². The summed E-state index contributed by atoms with van der Waals surface area (Å²) in [6.07, 6.45) is -0.424. The number of hydrogen-bond acceptors (Lipinski definition) is 4. The molecular formula is C5H13N3O. The normalized spacial score (nSPS) is 16.8. The van der Waals surface area contributed by atoms with Crippen LogP contribution in [-0.4, -0.2) is 32.6 Å². The van der Waals surface area contributed by atoms with Crippen molar-refractivity contribution in [2.75, 3.05) is 13.7 Å². The van der Waals surface area contributed by atoms with E-state index in [0.29, 0.717) is 6.54 Å². The van der Waals surface area contributed by atoms with Gasteiger partial charge in [0.1, 0.15) is 12.3 Å². The number of methoxy groups -OCH3 is 1. The lowest BCUT2D eigenvalue weighted by Crippen LogP contribution is -2.39. The van der Waals surface area contributed by atoms with Crippen molar-refractivity contribution in [3.8, 4) is 0 Å². The summed E-state index contributed by atoms with van der Waals surface area (Å²) in [5.41, 5.74) is 10.7. The van der Waals surface area contributed by atoms with Gasteiger partial charge in [-0.15, -0.1) is 0 Å².